The molecule has 0 heterocycles. The number of aliphatic hydroxyl groups excluding tert-OH is 2. The van der Waals surface area contributed by atoms with Crippen LogP contribution in [0, 0.1) is 0 Å². The van der Waals surface area contributed by atoms with E-state index in [9.17, 15) is 19.8 Å². The summed E-state index contributed by atoms with van der Waals surface area (Å²) < 4.78 is 0. The van der Waals surface area contributed by atoms with Gasteiger partial charge in [-0.15, -0.1) is 0 Å². The second kappa shape index (κ2) is 6.55. The van der Waals surface area contributed by atoms with E-state index in [4.69, 9.17) is 10.8 Å². The van der Waals surface area contributed by atoms with Crippen LogP contribution in [0.1, 0.15) is 28.9 Å². The first-order valence-corrected chi connectivity index (χ1v) is 6.44. The van der Waals surface area contributed by atoms with E-state index in [-0.39, 0.29) is 27.7 Å². The van der Waals surface area contributed by atoms with Gasteiger partial charge in [-0.05, 0) is 12.1 Å². The Bertz CT molecular complexity index is 491. The smallest absolute Gasteiger partial charge is 0.336 e. The van der Waals surface area contributed by atoms with Crippen molar-refractivity contribution in [2.24, 2.45) is 0 Å². The Balaban J connectivity index is 3.01. The first-order valence-electron chi connectivity index (χ1n) is 5.45. The van der Waals surface area contributed by atoms with Gasteiger partial charge in [-0.2, -0.15) is 0 Å². The molecule has 0 radical (unpaired) electrons. The molecule has 0 aromatic heterocycles. The minimum atomic E-state index is -1.46. The summed E-state index contributed by atoms with van der Waals surface area (Å²) in [5, 5.41) is 28.6. The number of anilines is 1. The first-order chi connectivity index (χ1) is 8.84. The number of benzene rings is 1. The third kappa shape index (κ3) is 3.95. The molecule has 0 saturated carbocycles. The van der Waals surface area contributed by atoms with Crippen molar-refractivity contribution in [1.29, 1.82) is 0 Å². The van der Waals surface area contributed by atoms with Gasteiger partial charge in [0.05, 0.1) is 11.7 Å². The molecule has 5 N–H and O–H groups in total. The lowest BCUT2D eigenvalue weighted by Crippen LogP contribution is -2.24. The van der Waals surface area contributed by atoms with Crippen LogP contribution in [0.15, 0.2) is 18.2 Å². The van der Waals surface area contributed by atoms with Crippen LogP contribution >= 0.6 is 11.8 Å². The molecule has 0 aliphatic heterocycles. The zero-order valence-corrected chi connectivity index (χ0v) is 11.1. The van der Waals surface area contributed by atoms with Crippen LogP contribution in [0.3, 0.4) is 0 Å². The Morgan fingerprint density at radius 2 is 2.00 bits per heavy atom. The number of carbonyl (C=O) groups is 2. The van der Waals surface area contributed by atoms with E-state index in [1.165, 1.54) is 25.1 Å². The van der Waals surface area contributed by atoms with Gasteiger partial charge in [0.2, 0.25) is 0 Å². The van der Waals surface area contributed by atoms with Crippen molar-refractivity contribution in [2.75, 3.05) is 11.5 Å². The number of rotatable bonds is 5. The summed E-state index contributed by atoms with van der Waals surface area (Å²) in [4.78, 5) is 21.9. The van der Waals surface area contributed by atoms with E-state index in [2.05, 4.69) is 0 Å². The fourth-order valence-electron chi connectivity index (χ4n) is 1.59. The Hall–Kier alpha value is -1.57. The number of aliphatic hydroxyl groups is 2. The first kappa shape index (κ1) is 15.5. The molecule has 1 aromatic rings. The van der Waals surface area contributed by atoms with E-state index in [0.717, 1.165) is 11.8 Å². The topological polar surface area (TPSA) is 121 Å². The average Bonchev–Trinajstić information content (AvgIpc) is 2.34. The van der Waals surface area contributed by atoms with Crippen molar-refractivity contribution in [3.8, 4) is 0 Å². The van der Waals surface area contributed by atoms with Crippen LogP contribution in [0.2, 0.25) is 0 Å². The molecule has 0 amide bonds. The van der Waals surface area contributed by atoms with Gasteiger partial charge in [-0.3, -0.25) is 4.79 Å². The van der Waals surface area contributed by atoms with E-state index >= 15 is 0 Å². The molecule has 0 aliphatic rings. The van der Waals surface area contributed by atoms with Gasteiger partial charge in [0.1, 0.15) is 6.10 Å². The molecule has 1 aromatic carbocycles. The van der Waals surface area contributed by atoms with Crippen molar-refractivity contribution >= 4 is 28.5 Å². The normalized spacial score (nSPS) is 13.8. The highest BCUT2D eigenvalue weighted by atomic mass is 32.2. The number of thioether (sulfide) groups is 1. The van der Waals surface area contributed by atoms with Crippen molar-refractivity contribution in [2.45, 2.75) is 19.1 Å². The number of nitrogens with two attached hydrogens (primary N) is 1. The summed E-state index contributed by atoms with van der Waals surface area (Å²) in [6, 6.07) is 4.18. The molecule has 19 heavy (non-hydrogen) atoms. The van der Waals surface area contributed by atoms with Crippen molar-refractivity contribution in [3.05, 3.63) is 29.3 Å². The molecule has 7 heteroatoms. The number of carboxylic acids is 1. The molecule has 2 atom stereocenters. The zero-order chi connectivity index (χ0) is 14.6. The predicted molar refractivity (Wildman–Crippen MR) is 71.9 cm³/mol. The molecule has 6 nitrogen and oxygen atoms in total. The molecule has 0 spiro atoms. The fraction of sp³-hybridized carbons (Fsp3) is 0.333. The van der Waals surface area contributed by atoms with Gasteiger partial charge in [-0.1, -0.05) is 17.8 Å². The van der Waals surface area contributed by atoms with Crippen LogP contribution < -0.4 is 5.73 Å². The lowest BCUT2D eigenvalue weighted by molar-refractivity contribution is -0.109. The fourth-order valence-corrected chi connectivity index (χ4v) is 2.17. The van der Waals surface area contributed by atoms with E-state index in [1.807, 2.05) is 0 Å². The second-order valence-corrected chi connectivity index (χ2v) is 5.13. The number of aromatic carboxylic acids is 1. The molecule has 104 valence electrons. The van der Waals surface area contributed by atoms with Gasteiger partial charge in [0, 0.05) is 23.9 Å². The second-order valence-electron chi connectivity index (χ2n) is 3.93. The summed E-state index contributed by atoms with van der Waals surface area (Å²) in [6.45, 7) is 1.34. The van der Waals surface area contributed by atoms with Gasteiger partial charge < -0.3 is 21.1 Å². The van der Waals surface area contributed by atoms with Crippen molar-refractivity contribution < 1.29 is 24.9 Å². The van der Waals surface area contributed by atoms with Crippen LogP contribution in [-0.4, -0.2) is 38.3 Å². The van der Waals surface area contributed by atoms with Gasteiger partial charge in [0.15, 0.2) is 5.12 Å². The third-order valence-corrected chi connectivity index (χ3v) is 3.40. The summed E-state index contributed by atoms with van der Waals surface area (Å²) in [7, 11) is 0. The standard InChI is InChI=1S/C12H15NO5S/c1-6(14)19-5-9(15)11(16)10-7(12(17)18)3-2-4-8(10)13/h2-4,9,11,15-16H,5,13H2,1H3,(H,17,18). The lowest BCUT2D eigenvalue weighted by atomic mass is 9.97. The van der Waals surface area contributed by atoms with E-state index in [0.29, 0.717) is 0 Å². The maximum absolute atomic E-state index is 11.1. The Labute approximate surface area is 114 Å². The van der Waals surface area contributed by atoms with Crippen molar-refractivity contribution in [1.82, 2.24) is 0 Å². The molecule has 1 rings (SSSR count). The van der Waals surface area contributed by atoms with E-state index in [1.54, 1.807) is 0 Å². The van der Waals surface area contributed by atoms with Crippen LogP contribution in [-0.2, 0) is 4.79 Å². The number of carboxylic acid groups (broad SMARTS) is 1. The van der Waals surface area contributed by atoms with E-state index < -0.39 is 18.2 Å². The van der Waals surface area contributed by atoms with Gasteiger partial charge in [-0.25, -0.2) is 4.79 Å². The lowest BCUT2D eigenvalue weighted by Gasteiger charge is -2.20. The minimum absolute atomic E-state index is 0.0355. The summed E-state index contributed by atoms with van der Waals surface area (Å²) in [5.74, 6) is -1.28. The molecular weight excluding hydrogens is 270 g/mol. The molecule has 0 aliphatic carbocycles. The molecule has 0 bridgehead atoms. The number of hydrogen-bond donors (Lipinski definition) is 4. The summed E-state index contributed by atoms with van der Waals surface area (Å²) >= 11 is 0.845. The summed E-state index contributed by atoms with van der Waals surface area (Å²) in [5.41, 5.74) is 5.53. The maximum atomic E-state index is 11.1. The summed E-state index contributed by atoms with van der Waals surface area (Å²) in [6.07, 6.45) is -2.74. The Morgan fingerprint density at radius 1 is 1.37 bits per heavy atom. The molecule has 0 saturated heterocycles. The Kier molecular flexibility index (Phi) is 5.34. The average molecular weight is 285 g/mol. The number of nitrogen functional groups attached to an aromatic ring is 1. The highest BCUT2D eigenvalue weighted by Crippen LogP contribution is 2.28. The highest BCUT2D eigenvalue weighted by Gasteiger charge is 2.26. The van der Waals surface area contributed by atoms with Crippen LogP contribution in [0.25, 0.3) is 0 Å². The molecule has 0 fully saturated rings. The molecule has 2 unspecified atom stereocenters. The quantitative estimate of drug-likeness (QED) is 0.586. The zero-order valence-electron chi connectivity index (χ0n) is 10.2. The Morgan fingerprint density at radius 3 is 2.53 bits per heavy atom. The van der Waals surface area contributed by atoms with Gasteiger partial charge in [0.25, 0.3) is 0 Å². The number of hydrogen-bond acceptors (Lipinski definition) is 6. The highest BCUT2D eigenvalue weighted by molar-refractivity contribution is 8.13. The SMILES string of the molecule is CC(=O)SCC(O)C(O)c1c(N)cccc1C(=O)O. The number of carbonyl (C=O) groups excluding carboxylic acids is 1. The molecular formula is C12H15NO5S. The van der Waals surface area contributed by atoms with Crippen molar-refractivity contribution in [3.63, 3.8) is 0 Å². The van der Waals surface area contributed by atoms with Crippen LogP contribution in [0.4, 0.5) is 5.69 Å². The monoisotopic (exact) mass is 285 g/mol. The van der Waals surface area contributed by atoms with Gasteiger partial charge >= 0.3 is 5.97 Å². The van der Waals surface area contributed by atoms with Crippen LogP contribution in [0.5, 0.6) is 0 Å². The minimum Gasteiger partial charge on any atom is -0.478 e. The third-order valence-electron chi connectivity index (χ3n) is 2.49. The maximum Gasteiger partial charge on any atom is 0.336 e. The largest absolute Gasteiger partial charge is 0.478 e. The predicted octanol–water partition coefficient (Wildman–Crippen LogP) is 0.641.